The number of fused-ring (bicyclic) bond motifs is 6. The number of para-hydroxylation sites is 4. The molecule has 46 heavy (non-hydrogen) atoms. The van der Waals surface area contributed by atoms with Crippen molar-refractivity contribution in [2.45, 2.75) is 11.3 Å². The fraction of sp³-hybridized carbons (Fsp3) is 0.0556. The summed E-state index contributed by atoms with van der Waals surface area (Å²) in [4.78, 5) is 59.2. The van der Waals surface area contributed by atoms with E-state index in [2.05, 4.69) is 21.3 Å². The van der Waals surface area contributed by atoms with E-state index in [0.717, 1.165) is 0 Å². The monoisotopic (exact) mass is 604 g/mol. The molecule has 0 aromatic heterocycles. The Labute approximate surface area is 262 Å². The van der Waals surface area contributed by atoms with Gasteiger partial charge in [-0.25, -0.2) is 0 Å². The average Bonchev–Trinajstić information content (AvgIpc) is 3.51. The van der Waals surface area contributed by atoms with Crippen molar-refractivity contribution in [2.75, 3.05) is 31.1 Å². The summed E-state index contributed by atoms with van der Waals surface area (Å²) in [6, 6.07) is 35.5. The van der Waals surface area contributed by atoms with Gasteiger partial charge in [0.15, 0.2) is 0 Å². The molecular weight excluding hydrogens is 580 g/mol. The van der Waals surface area contributed by atoms with Crippen LogP contribution >= 0.6 is 0 Å². The lowest BCUT2D eigenvalue weighted by Crippen LogP contribution is -2.62. The molecule has 4 aliphatic heterocycles. The Bertz CT molecular complexity index is 2030. The second-order valence-corrected chi connectivity index (χ2v) is 11.6. The van der Waals surface area contributed by atoms with Gasteiger partial charge in [-0.1, -0.05) is 60.7 Å². The van der Waals surface area contributed by atoms with Crippen LogP contribution in [-0.4, -0.2) is 23.6 Å². The number of anilines is 6. The van der Waals surface area contributed by atoms with Crippen LogP contribution in [0, 0.1) is 0 Å². The lowest BCUT2D eigenvalue weighted by atomic mass is 9.91. The number of nitrogens with zero attached hydrogens (tertiary/aromatic N) is 2. The van der Waals surface area contributed by atoms with Crippen LogP contribution in [0.15, 0.2) is 121 Å². The molecule has 4 N–H and O–H groups in total. The maximum absolute atomic E-state index is 14.3. The summed E-state index contributed by atoms with van der Waals surface area (Å²) < 4.78 is 0. The van der Waals surface area contributed by atoms with Crippen molar-refractivity contribution in [3.05, 3.63) is 144 Å². The molecule has 4 heterocycles. The van der Waals surface area contributed by atoms with Gasteiger partial charge in [0.05, 0.1) is 11.1 Å². The average molecular weight is 605 g/mol. The number of rotatable bonds is 2. The van der Waals surface area contributed by atoms with Crippen molar-refractivity contribution in [1.82, 2.24) is 0 Å². The minimum atomic E-state index is -1.56. The summed E-state index contributed by atoms with van der Waals surface area (Å²) in [6.07, 6.45) is 0. The van der Waals surface area contributed by atoms with E-state index in [-0.39, 0.29) is 11.8 Å². The van der Waals surface area contributed by atoms with Crippen LogP contribution in [0.25, 0.3) is 0 Å². The molecule has 10 heteroatoms. The molecule has 0 saturated heterocycles. The second-order valence-electron chi connectivity index (χ2n) is 11.6. The third kappa shape index (κ3) is 3.19. The quantitative estimate of drug-likeness (QED) is 0.213. The van der Waals surface area contributed by atoms with E-state index in [1.807, 2.05) is 48.5 Å². The van der Waals surface area contributed by atoms with Crippen molar-refractivity contribution < 1.29 is 19.2 Å². The SMILES string of the molecule is O=C1c2ccccc2NC2(C(=O)Nc3ccccc32)N1c1ccc(N2C(=O)c3ccccc3NC23C(=O)Nc2ccccc23)cc1. The van der Waals surface area contributed by atoms with Crippen LogP contribution < -0.4 is 31.1 Å². The van der Waals surface area contributed by atoms with Gasteiger partial charge in [0.2, 0.25) is 11.3 Å². The lowest BCUT2D eigenvalue weighted by Gasteiger charge is -2.45. The van der Waals surface area contributed by atoms with E-state index in [1.54, 1.807) is 72.8 Å². The first kappa shape index (κ1) is 26.0. The Morgan fingerprint density at radius 1 is 0.413 bits per heavy atom. The molecule has 0 aliphatic carbocycles. The zero-order chi connectivity index (χ0) is 31.2. The molecule has 2 atom stereocenters. The van der Waals surface area contributed by atoms with Crippen molar-refractivity contribution >= 4 is 57.8 Å². The largest absolute Gasteiger partial charge is 0.350 e. The normalized spacial score (nSPS) is 22.0. The van der Waals surface area contributed by atoms with Gasteiger partial charge >= 0.3 is 0 Å². The van der Waals surface area contributed by atoms with Gasteiger partial charge in [-0.15, -0.1) is 0 Å². The van der Waals surface area contributed by atoms with Gasteiger partial charge in [-0.05, 0) is 60.7 Å². The fourth-order valence-corrected chi connectivity index (χ4v) is 7.15. The molecule has 0 bridgehead atoms. The van der Waals surface area contributed by atoms with Crippen LogP contribution in [0.1, 0.15) is 31.8 Å². The highest BCUT2D eigenvalue weighted by Gasteiger charge is 2.58. The molecule has 222 valence electrons. The molecular formula is C36H24N6O4. The molecule has 4 aliphatic rings. The van der Waals surface area contributed by atoms with Gasteiger partial charge < -0.3 is 21.3 Å². The Hall–Kier alpha value is -6.42. The second kappa shape index (κ2) is 9.05. The first-order valence-corrected chi connectivity index (χ1v) is 14.8. The minimum absolute atomic E-state index is 0.362. The van der Waals surface area contributed by atoms with Gasteiger partial charge in [0, 0.05) is 45.3 Å². The van der Waals surface area contributed by atoms with E-state index in [0.29, 0.717) is 56.4 Å². The summed E-state index contributed by atoms with van der Waals surface area (Å²) in [7, 11) is 0. The van der Waals surface area contributed by atoms with Crippen LogP contribution in [0.3, 0.4) is 0 Å². The number of benzene rings is 5. The highest BCUT2D eigenvalue weighted by atomic mass is 16.2. The molecule has 0 saturated carbocycles. The summed E-state index contributed by atoms with van der Waals surface area (Å²) in [5, 5.41) is 12.6. The molecule has 2 spiro atoms. The van der Waals surface area contributed by atoms with Gasteiger partial charge in [-0.3, -0.25) is 29.0 Å². The van der Waals surface area contributed by atoms with E-state index >= 15 is 0 Å². The molecule has 9 rings (SSSR count). The van der Waals surface area contributed by atoms with Crippen LogP contribution in [0.5, 0.6) is 0 Å². The van der Waals surface area contributed by atoms with Gasteiger partial charge in [0.1, 0.15) is 0 Å². The Balaban J connectivity index is 1.21. The predicted octanol–water partition coefficient (Wildman–Crippen LogP) is 5.44. The predicted molar refractivity (Wildman–Crippen MR) is 174 cm³/mol. The Morgan fingerprint density at radius 2 is 0.761 bits per heavy atom. The number of hydrogen-bond acceptors (Lipinski definition) is 6. The first-order chi connectivity index (χ1) is 22.4. The molecule has 2 unspecified atom stereocenters. The van der Waals surface area contributed by atoms with Crippen LogP contribution in [-0.2, 0) is 20.9 Å². The molecule has 4 amide bonds. The number of carbonyl (C=O) groups excluding carboxylic acids is 4. The van der Waals surface area contributed by atoms with E-state index in [9.17, 15) is 19.2 Å². The number of hydrogen-bond donors (Lipinski definition) is 4. The number of amides is 4. The van der Waals surface area contributed by atoms with Crippen molar-refractivity contribution in [3.8, 4) is 0 Å². The van der Waals surface area contributed by atoms with Gasteiger partial charge in [-0.2, -0.15) is 0 Å². The molecule has 0 radical (unpaired) electrons. The number of nitrogens with one attached hydrogen (secondary N) is 4. The standard InChI is InChI=1S/C36H24N6O4/c43-31-23-9-1-5-13-27(23)39-35(25-11-3-7-15-29(25)37-33(35)45)41(31)21-17-19-22(20-18-21)42-32(44)24-10-2-6-14-28(24)40-36(42)26-12-4-8-16-30(26)38-34(36)46/h1-20,39-40H,(H,37,45)(H,38,46). The summed E-state index contributed by atoms with van der Waals surface area (Å²) in [5.74, 6) is -1.52. The highest BCUT2D eigenvalue weighted by molar-refractivity contribution is 6.23. The van der Waals surface area contributed by atoms with E-state index < -0.39 is 23.1 Å². The third-order valence-electron chi connectivity index (χ3n) is 9.18. The van der Waals surface area contributed by atoms with Crippen molar-refractivity contribution in [1.29, 1.82) is 0 Å². The molecule has 5 aromatic carbocycles. The zero-order valence-electron chi connectivity index (χ0n) is 24.1. The van der Waals surface area contributed by atoms with Crippen LogP contribution in [0.2, 0.25) is 0 Å². The van der Waals surface area contributed by atoms with Crippen molar-refractivity contribution in [2.24, 2.45) is 0 Å². The Morgan fingerprint density at radius 3 is 1.17 bits per heavy atom. The van der Waals surface area contributed by atoms with E-state index in [1.165, 1.54) is 9.80 Å². The Kier molecular flexibility index (Phi) is 5.12. The maximum Gasteiger partial charge on any atom is 0.276 e. The molecule has 5 aromatic rings. The summed E-state index contributed by atoms with van der Waals surface area (Å²) >= 11 is 0. The molecule has 10 nitrogen and oxygen atoms in total. The summed E-state index contributed by atoms with van der Waals surface area (Å²) in [5.41, 5.74) is 2.07. The minimum Gasteiger partial charge on any atom is -0.350 e. The smallest absolute Gasteiger partial charge is 0.276 e. The maximum atomic E-state index is 14.3. The van der Waals surface area contributed by atoms with Gasteiger partial charge in [0.25, 0.3) is 23.6 Å². The lowest BCUT2D eigenvalue weighted by molar-refractivity contribution is -0.120. The third-order valence-corrected chi connectivity index (χ3v) is 9.18. The van der Waals surface area contributed by atoms with E-state index in [4.69, 9.17) is 0 Å². The summed E-state index contributed by atoms with van der Waals surface area (Å²) in [6.45, 7) is 0. The highest BCUT2D eigenvalue weighted by Crippen LogP contribution is 2.50. The number of carbonyl (C=O) groups is 4. The topological polar surface area (TPSA) is 123 Å². The zero-order valence-corrected chi connectivity index (χ0v) is 24.1. The van der Waals surface area contributed by atoms with Crippen molar-refractivity contribution in [3.63, 3.8) is 0 Å². The molecule has 0 fully saturated rings. The first-order valence-electron chi connectivity index (χ1n) is 14.8. The van der Waals surface area contributed by atoms with Crippen LogP contribution in [0.4, 0.5) is 34.1 Å². The fourth-order valence-electron chi connectivity index (χ4n) is 7.15.